The summed E-state index contributed by atoms with van der Waals surface area (Å²) in [5, 5.41) is 0. The van der Waals surface area contributed by atoms with Gasteiger partial charge in [0.1, 0.15) is 5.75 Å². The zero-order valence-corrected chi connectivity index (χ0v) is 13.0. The van der Waals surface area contributed by atoms with Crippen LogP contribution in [0.25, 0.3) is 11.1 Å². The van der Waals surface area contributed by atoms with Gasteiger partial charge in [0.15, 0.2) is 0 Å². The molecule has 2 aromatic carbocycles. The summed E-state index contributed by atoms with van der Waals surface area (Å²) < 4.78 is 5.20. The summed E-state index contributed by atoms with van der Waals surface area (Å²) in [5.74, 6) is 0.896. The Balaban J connectivity index is 0.000000741. The molecule has 19 heavy (non-hydrogen) atoms. The Kier molecular flexibility index (Phi) is 9.25. The van der Waals surface area contributed by atoms with Gasteiger partial charge in [-0.2, -0.15) is 0 Å². The first-order chi connectivity index (χ1) is 9.29. The minimum Gasteiger partial charge on any atom is -0.497 e. The van der Waals surface area contributed by atoms with E-state index in [-0.39, 0.29) is 0 Å². The first-order valence-electron chi connectivity index (χ1n) is 7.01. The van der Waals surface area contributed by atoms with Crippen LogP contribution in [0.15, 0.2) is 48.5 Å². The van der Waals surface area contributed by atoms with E-state index < -0.39 is 0 Å². The zero-order chi connectivity index (χ0) is 14.7. The topological polar surface area (TPSA) is 9.23 Å². The maximum absolute atomic E-state index is 5.20. The van der Waals surface area contributed by atoms with Gasteiger partial charge >= 0.3 is 0 Å². The minimum absolute atomic E-state index is 0.896. The molecule has 0 fully saturated rings. The van der Waals surface area contributed by atoms with E-state index in [1.165, 1.54) is 16.7 Å². The molecular weight excluding hydrogens is 232 g/mol. The summed E-state index contributed by atoms with van der Waals surface area (Å²) in [6, 6.07) is 16.6. The number of rotatable bonds is 2. The minimum atomic E-state index is 0.896. The molecule has 0 spiro atoms. The number of hydrogen-bond donors (Lipinski definition) is 0. The maximum Gasteiger partial charge on any atom is 0.119 e. The van der Waals surface area contributed by atoms with E-state index in [1.54, 1.807) is 7.11 Å². The van der Waals surface area contributed by atoms with Crippen molar-refractivity contribution in [1.29, 1.82) is 0 Å². The van der Waals surface area contributed by atoms with Crippen molar-refractivity contribution in [2.24, 2.45) is 0 Å². The molecule has 0 aliphatic heterocycles. The van der Waals surface area contributed by atoms with E-state index in [2.05, 4.69) is 37.3 Å². The van der Waals surface area contributed by atoms with E-state index in [1.807, 2.05) is 45.9 Å². The van der Waals surface area contributed by atoms with Gasteiger partial charge in [-0.25, -0.2) is 0 Å². The standard InChI is InChI=1S/C14H14O.2C2H6/c1-11-6-8-12(9-7-11)13-4-3-5-14(10-13)15-2;2*1-2/h3-10H,1-2H3;2*1-2H3. The highest BCUT2D eigenvalue weighted by atomic mass is 16.5. The van der Waals surface area contributed by atoms with Crippen molar-refractivity contribution in [3.63, 3.8) is 0 Å². The molecule has 0 aliphatic carbocycles. The number of benzene rings is 2. The smallest absolute Gasteiger partial charge is 0.119 e. The van der Waals surface area contributed by atoms with Crippen LogP contribution in [-0.2, 0) is 0 Å². The van der Waals surface area contributed by atoms with Crippen molar-refractivity contribution in [2.75, 3.05) is 7.11 Å². The molecule has 0 heterocycles. The number of methoxy groups -OCH3 is 1. The maximum atomic E-state index is 5.20. The van der Waals surface area contributed by atoms with Crippen LogP contribution in [0.5, 0.6) is 5.75 Å². The highest BCUT2D eigenvalue weighted by Gasteiger charge is 1.98. The van der Waals surface area contributed by atoms with Crippen LogP contribution in [0.1, 0.15) is 33.3 Å². The molecule has 0 saturated carbocycles. The lowest BCUT2D eigenvalue weighted by atomic mass is 10.0. The van der Waals surface area contributed by atoms with Crippen LogP contribution in [-0.4, -0.2) is 7.11 Å². The van der Waals surface area contributed by atoms with Crippen LogP contribution in [0.4, 0.5) is 0 Å². The Bertz CT molecular complexity index is 444. The lowest BCUT2D eigenvalue weighted by Crippen LogP contribution is -1.83. The molecule has 104 valence electrons. The molecule has 0 N–H and O–H groups in total. The SMILES string of the molecule is CC.CC.COc1cccc(-c2ccc(C)cc2)c1. The van der Waals surface area contributed by atoms with Gasteiger partial charge in [-0.3, -0.25) is 0 Å². The highest BCUT2D eigenvalue weighted by molar-refractivity contribution is 5.65. The fourth-order valence-electron chi connectivity index (χ4n) is 1.55. The van der Waals surface area contributed by atoms with Gasteiger partial charge in [0.05, 0.1) is 7.11 Å². The predicted octanol–water partition coefficient (Wildman–Crippen LogP) is 5.72. The predicted molar refractivity (Wildman–Crippen MR) is 85.9 cm³/mol. The summed E-state index contributed by atoms with van der Waals surface area (Å²) in [7, 11) is 1.69. The lowest BCUT2D eigenvalue weighted by molar-refractivity contribution is 0.415. The third kappa shape index (κ3) is 5.60. The Morgan fingerprint density at radius 3 is 1.84 bits per heavy atom. The van der Waals surface area contributed by atoms with Crippen LogP contribution < -0.4 is 4.74 Å². The fraction of sp³-hybridized carbons (Fsp3) is 0.333. The molecule has 0 bridgehead atoms. The zero-order valence-electron chi connectivity index (χ0n) is 13.0. The van der Waals surface area contributed by atoms with Gasteiger partial charge in [-0.15, -0.1) is 0 Å². The Morgan fingerprint density at radius 2 is 1.32 bits per heavy atom. The Hall–Kier alpha value is -1.76. The third-order valence-corrected chi connectivity index (χ3v) is 2.45. The van der Waals surface area contributed by atoms with Crippen molar-refractivity contribution in [2.45, 2.75) is 34.6 Å². The summed E-state index contributed by atoms with van der Waals surface area (Å²) in [4.78, 5) is 0. The van der Waals surface area contributed by atoms with Crippen LogP contribution >= 0.6 is 0 Å². The Morgan fingerprint density at radius 1 is 0.737 bits per heavy atom. The number of aryl methyl sites for hydroxylation is 1. The van der Waals surface area contributed by atoms with E-state index in [4.69, 9.17) is 4.74 Å². The summed E-state index contributed by atoms with van der Waals surface area (Å²) in [6.07, 6.45) is 0. The van der Waals surface area contributed by atoms with Gasteiger partial charge in [-0.1, -0.05) is 69.7 Å². The molecule has 0 radical (unpaired) electrons. The average Bonchev–Trinajstić information content (AvgIpc) is 2.52. The van der Waals surface area contributed by atoms with Crippen molar-refractivity contribution in [3.8, 4) is 16.9 Å². The first kappa shape index (κ1) is 17.2. The molecule has 0 amide bonds. The van der Waals surface area contributed by atoms with Crippen molar-refractivity contribution in [1.82, 2.24) is 0 Å². The molecule has 0 unspecified atom stereocenters. The molecule has 0 atom stereocenters. The van der Waals surface area contributed by atoms with Gasteiger partial charge in [0.2, 0.25) is 0 Å². The first-order valence-corrected chi connectivity index (χ1v) is 7.01. The molecule has 1 nitrogen and oxygen atoms in total. The number of hydrogen-bond acceptors (Lipinski definition) is 1. The molecular formula is C18H26O. The molecule has 2 aromatic rings. The van der Waals surface area contributed by atoms with Gasteiger partial charge in [0.25, 0.3) is 0 Å². The lowest BCUT2D eigenvalue weighted by Gasteiger charge is -2.04. The van der Waals surface area contributed by atoms with E-state index in [0.29, 0.717) is 0 Å². The molecule has 0 aromatic heterocycles. The van der Waals surface area contributed by atoms with Crippen LogP contribution in [0.3, 0.4) is 0 Å². The second-order valence-corrected chi connectivity index (χ2v) is 3.60. The van der Waals surface area contributed by atoms with Gasteiger partial charge in [0, 0.05) is 0 Å². The van der Waals surface area contributed by atoms with E-state index in [0.717, 1.165) is 5.75 Å². The molecule has 1 heteroatoms. The average molecular weight is 258 g/mol. The Labute approximate surface area is 118 Å². The fourth-order valence-corrected chi connectivity index (χ4v) is 1.55. The van der Waals surface area contributed by atoms with E-state index >= 15 is 0 Å². The van der Waals surface area contributed by atoms with Crippen LogP contribution in [0.2, 0.25) is 0 Å². The van der Waals surface area contributed by atoms with Crippen molar-refractivity contribution in [3.05, 3.63) is 54.1 Å². The molecule has 0 saturated heterocycles. The highest BCUT2D eigenvalue weighted by Crippen LogP contribution is 2.23. The molecule has 2 rings (SSSR count). The quantitative estimate of drug-likeness (QED) is 0.669. The largest absolute Gasteiger partial charge is 0.497 e. The monoisotopic (exact) mass is 258 g/mol. The summed E-state index contributed by atoms with van der Waals surface area (Å²) in [5.41, 5.74) is 3.69. The molecule has 0 aliphatic rings. The third-order valence-electron chi connectivity index (χ3n) is 2.45. The second kappa shape index (κ2) is 10.2. The van der Waals surface area contributed by atoms with Gasteiger partial charge < -0.3 is 4.74 Å². The van der Waals surface area contributed by atoms with Crippen LogP contribution in [0, 0.1) is 6.92 Å². The number of ether oxygens (including phenoxy) is 1. The van der Waals surface area contributed by atoms with Crippen molar-refractivity contribution >= 4 is 0 Å². The summed E-state index contributed by atoms with van der Waals surface area (Å²) >= 11 is 0. The van der Waals surface area contributed by atoms with E-state index in [9.17, 15) is 0 Å². The summed E-state index contributed by atoms with van der Waals surface area (Å²) in [6.45, 7) is 10.1. The second-order valence-electron chi connectivity index (χ2n) is 3.60. The van der Waals surface area contributed by atoms with Crippen molar-refractivity contribution < 1.29 is 4.74 Å². The normalized spacial score (nSPS) is 8.53. The van der Waals surface area contributed by atoms with Gasteiger partial charge in [-0.05, 0) is 30.2 Å².